The van der Waals surface area contributed by atoms with E-state index in [9.17, 15) is 4.79 Å². The lowest BCUT2D eigenvalue weighted by molar-refractivity contribution is 0.101. The third-order valence-corrected chi connectivity index (χ3v) is 5.65. The molecule has 0 saturated heterocycles. The van der Waals surface area contributed by atoms with Gasteiger partial charge in [0.25, 0.3) is 0 Å². The first-order valence-corrected chi connectivity index (χ1v) is 10.8. The highest BCUT2D eigenvalue weighted by Crippen LogP contribution is 2.42. The summed E-state index contributed by atoms with van der Waals surface area (Å²) in [4.78, 5) is 17.1. The Morgan fingerprint density at radius 1 is 1.00 bits per heavy atom. The third kappa shape index (κ3) is 3.74. The molecule has 1 aliphatic carbocycles. The van der Waals surface area contributed by atoms with E-state index in [0.29, 0.717) is 12.1 Å². The number of carbonyl (C=O) groups excluding carboxylic acids is 1. The number of nitrogens with zero attached hydrogens (tertiary/aromatic N) is 1. The predicted octanol–water partition coefficient (Wildman–Crippen LogP) is 6.38. The van der Waals surface area contributed by atoms with Gasteiger partial charge in [-0.05, 0) is 63.4 Å². The van der Waals surface area contributed by atoms with Crippen LogP contribution in [0.3, 0.4) is 0 Å². The van der Waals surface area contributed by atoms with E-state index in [1.54, 1.807) is 6.92 Å². The molecule has 4 rings (SSSR count). The van der Waals surface area contributed by atoms with Crippen molar-refractivity contribution in [3.05, 3.63) is 70.6 Å². The minimum atomic E-state index is 0.0491. The molecule has 0 atom stereocenters. The number of nitrogens with one attached hydrogen (secondary N) is 1. The minimum Gasteiger partial charge on any atom is -0.456 e. The van der Waals surface area contributed by atoms with Gasteiger partial charge in [0.15, 0.2) is 5.78 Å². The fourth-order valence-corrected chi connectivity index (χ4v) is 4.21. The summed E-state index contributed by atoms with van der Waals surface area (Å²) in [5.41, 5.74) is 7.72. The van der Waals surface area contributed by atoms with Crippen LogP contribution in [0.4, 0.5) is 5.69 Å². The molecule has 2 aromatic rings. The number of benzene rings is 3. The molecular formula is C27H28N2O2. The number of hydrogen-bond donors (Lipinski definition) is 1. The van der Waals surface area contributed by atoms with Crippen LogP contribution >= 0.6 is 0 Å². The summed E-state index contributed by atoms with van der Waals surface area (Å²) in [5, 5.41) is 5.35. The van der Waals surface area contributed by atoms with Crippen LogP contribution in [0.25, 0.3) is 33.4 Å². The lowest BCUT2D eigenvalue weighted by atomic mass is 9.88. The maximum Gasteiger partial charge on any atom is 0.160 e. The molecule has 0 bridgehead atoms. The lowest BCUT2D eigenvalue weighted by Crippen LogP contribution is -2.09. The zero-order valence-corrected chi connectivity index (χ0v) is 18.8. The molecule has 0 saturated carbocycles. The van der Waals surface area contributed by atoms with Gasteiger partial charge in [-0.3, -0.25) is 9.79 Å². The van der Waals surface area contributed by atoms with Crippen molar-refractivity contribution in [1.82, 2.24) is 0 Å². The Balaban J connectivity index is 2.20. The van der Waals surface area contributed by atoms with Gasteiger partial charge in [0.1, 0.15) is 11.3 Å². The second-order valence-corrected chi connectivity index (χ2v) is 7.88. The molecule has 0 unspecified atom stereocenters. The second-order valence-electron chi connectivity index (χ2n) is 7.88. The average Bonchev–Trinajstić information content (AvgIpc) is 2.74. The van der Waals surface area contributed by atoms with E-state index in [1.165, 1.54) is 0 Å². The first-order valence-electron chi connectivity index (χ1n) is 10.8. The van der Waals surface area contributed by atoms with Crippen LogP contribution < -0.4 is 10.7 Å². The Kier molecular flexibility index (Phi) is 5.64. The summed E-state index contributed by atoms with van der Waals surface area (Å²) >= 11 is 0. The van der Waals surface area contributed by atoms with Crippen LogP contribution in [0.2, 0.25) is 0 Å². The molecule has 1 aliphatic heterocycles. The number of ketones is 1. The number of anilines is 1. The number of hydrogen-bond acceptors (Lipinski definition) is 4. The molecule has 31 heavy (non-hydrogen) atoms. The largest absolute Gasteiger partial charge is 0.456 e. The van der Waals surface area contributed by atoms with Crippen molar-refractivity contribution >= 4 is 22.4 Å². The van der Waals surface area contributed by atoms with Gasteiger partial charge in [-0.1, -0.05) is 24.3 Å². The summed E-state index contributed by atoms with van der Waals surface area (Å²) in [6.07, 6.45) is 0. The Labute approximate surface area is 183 Å². The van der Waals surface area contributed by atoms with Crippen molar-refractivity contribution in [1.29, 1.82) is 0 Å². The molecule has 2 aliphatic rings. The van der Waals surface area contributed by atoms with Gasteiger partial charge >= 0.3 is 0 Å². The Morgan fingerprint density at radius 3 is 2.48 bits per heavy atom. The van der Waals surface area contributed by atoms with Crippen LogP contribution in [0.1, 0.15) is 42.3 Å². The van der Waals surface area contributed by atoms with Crippen molar-refractivity contribution in [3.63, 3.8) is 0 Å². The summed E-state index contributed by atoms with van der Waals surface area (Å²) in [6, 6.07) is 16.2. The predicted molar refractivity (Wildman–Crippen MR) is 128 cm³/mol. The molecule has 0 spiro atoms. The van der Waals surface area contributed by atoms with Crippen LogP contribution in [-0.4, -0.2) is 18.9 Å². The van der Waals surface area contributed by atoms with Crippen molar-refractivity contribution in [2.24, 2.45) is 4.99 Å². The van der Waals surface area contributed by atoms with Crippen LogP contribution in [0, 0.1) is 13.8 Å². The molecule has 1 heterocycles. The summed E-state index contributed by atoms with van der Waals surface area (Å²) < 4.78 is 6.41. The standard InChI is InChI=1S/C27H28N2O2/c1-6-28-23-14-25-21(12-16(23)3)27(20-11-9-8-10-19(20)18(5)30)22-13-17(4)24(29-7-2)15-26(22)31-25/h8-15,28H,6-7H2,1-5H3. The highest BCUT2D eigenvalue weighted by molar-refractivity contribution is 6.09. The van der Waals surface area contributed by atoms with Gasteiger partial charge in [0, 0.05) is 53.0 Å². The van der Waals surface area contributed by atoms with Gasteiger partial charge in [0.05, 0.1) is 5.36 Å². The highest BCUT2D eigenvalue weighted by Gasteiger charge is 2.21. The van der Waals surface area contributed by atoms with E-state index in [0.717, 1.165) is 62.1 Å². The number of aryl methyl sites for hydroxylation is 2. The zero-order valence-electron chi connectivity index (χ0n) is 18.8. The van der Waals surface area contributed by atoms with E-state index in [2.05, 4.69) is 49.3 Å². The average molecular weight is 413 g/mol. The molecule has 2 aromatic carbocycles. The topological polar surface area (TPSA) is 54.6 Å². The number of carbonyl (C=O) groups is 1. The maximum absolute atomic E-state index is 12.5. The molecule has 1 N–H and O–H groups in total. The summed E-state index contributed by atoms with van der Waals surface area (Å²) in [6.45, 7) is 11.4. The first kappa shape index (κ1) is 20.9. The number of rotatable bonds is 5. The summed E-state index contributed by atoms with van der Waals surface area (Å²) in [5.74, 6) is 0.818. The van der Waals surface area contributed by atoms with E-state index in [1.807, 2.05) is 37.3 Å². The summed E-state index contributed by atoms with van der Waals surface area (Å²) in [7, 11) is 0. The SMILES string of the molecule is CCN=c1cc2oc3cc(NCC)c(C)cc3c(-c3ccccc3C(C)=O)c-2cc1C. The van der Waals surface area contributed by atoms with E-state index in [-0.39, 0.29) is 5.78 Å². The molecule has 0 aromatic heterocycles. The molecule has 158 valence electrons. The second kappa shape index (κ2) is 8.38. The molecule has 0 fully saturated rings. The van der Waals surface area contributed by atoms with Gasteiger partial charge < -0.3 is 9.73 Å². The van der Waals surface area contributed by atoms with E-state index < -0.39 is 0 Å². The molecule has 0 radical (unpaired) electrons. The van der Waals surface area contributed by atoms with Crippen molar-refractivity contribution in [2.45, 2.75) is 34.6 Å². The normalized spacial score (nSPS) is 12.0. The molecule has 4 nitrogen and oxygen atoms in total. The van der Waals surface area contributed by atoms with Crippen molar-refractivity contribution in [2.75, 3.05) is 18.4 Å². The monoisotopic (exact) mass is 412 g/mol. The first-order chi connectivity index (χ1) is 14.9. The fraction of sp³-hybridized carbons (Fsp3) is 0.259. The Bertz CT molecular complexity index is 1330. The smallest absolute Gasteiger partial charge is 0.160 e. The third-order valence-electron chi connectivity index (χ3n) is 5.65. The molecular weight excluding hydrogens is 384 g/mol. The fourth-order valence-electron chi connectivity index (χ4n) is 4.21. The van der Waals surface area contributed by atoms with Crippen molar-refractivity contribution < 1.29 is 9.21 Å². The zero-order chi connectivity index (χ0) is 22.1. The van der Waals surface area contributed by atoms with Gasteiger partial charge in [-0.2, -0.15) is 0 Å². The Hall–Kier alpha value is -3.40. The van der Waals surface area contributed by atoms with Gasteiger partial charge in [0.2, 0.25) is 0 Å². The lowest BCUT2D eigenvalue weighted by Gasteiger charge is -2.19. The van der Waals surface area contributed by atoms with Crippen LogP contribution in [0.5, 0.6) is 0 Å². The minimum absolute atomic E-state index is 0.0491. The quantitative estimate of drug-likeness (QED) is 0.306. The van der Waals surface area contributed by atoms with E-state index in [4.69, 9.17) is 4.42 Å². The highest BCUT2D eigenvalue weighted by atomic mass is 16.3. The molecule has 0 amide bonds. The number of Topliss-reactive ketones (excluding diaryl/α,β-unsaturated/α-hetero) is 1. The number of fused-ring (bicyclic) bond motifs is 2. The Morgan fingerprint density at radius 2 is 1.77 bits per heavy atom. The van der Waals surface area contributed by atoms with E-state index >= 15 is 0 Å². The van der Waals surface area contributed by atoms with Gasteiger partial charge in [-0.25, -0.2) is 0 Å². The van der Waals surface area contributed by atoms with Crippen LogP contribution in [-0.2, 0) is 0 Å². The maximum atomic E-state index is 12.5. The molecule has 4 heteroatoms. The van der Waals surface area contributed by atoms with Crippen LogP contribution in [0.15, 0.2) is 57.9 Å². The van der Waals surface area contributed by atoms with Gasteiger partial charge in [-0.15, -0.1) is 0 Å². The van der Waals surface area contributed by atoms with Crippen molar-refractivity contribution in [3.8, 4) is 22.5 Å².